The fourth-order valence-corrected chi connectivity index (χ4v) is 3.60. The predicted octanol–water partition coefficient (Wildman–Crippen LogP) is 2.10. The fraction of sp³-hybridized carbons (Fsp3) is 0.733. The van der Waals surface area contributed by atoms with E-state index in [1.54, 1.807) is 18.4 Å². The van der Waals surface area contributed by atoms with E-state index in [9.17, 15) is 13.2 Å². The number of aliphatic imine (C=N–C) groups is 1. The molecule has 1 atom stereocenters. The van der Waals surface area contributed by atoms with Gasteiger partial charge >= 0.3 is 6.18 Å². The van der Waals surface area contributed by atoms with Gasteiger partial charge in [-0.1, -0.05) is 0 Å². The van der Waals surface area contributed by atoms with Crippen LogP contribution in [0.15, 0.2) is 4.99 Å². The third-order valence-electron chi connectivity index (χ3n) is 3.94. The Bertz CT molecular complexity index is 550. The molecule has 0 amide bonds. The highest BCUT2D eigenvalue weighted by Gasteiger charge is 2.34. The van der Waals surface area contributed by atoms with Crippen LogP contribution in [0.25, 0.3) is 0 Å². The van der Waals surface area contributed by atoms with Crippen LogP contribution in [0.5, 0.6) is 0 Å². The summed E-state index contributed by atoms with van der Waals surface area (Å²) in [6, 6.07) is -0.0112. The first-order chi connectivity index (χ1) is 11.3. The van der Waals surface area contributed by atoms with Gasteiger partial charge in [0.2, 0.25) is 0 Å². The molecular weight excluding hydrogens is 339 g/mol. The summed E-state index contributed by atoms with van der Waals surface area (Å²) in [7, 11) is 1.66. The van der Waals surface area contributed by atoms with Crippen LogP contribution in [-0.2, 0) is 6.42 Å². The minimum Gasteiger partial charge on any atom is -0.356 e. The van der Waals surface area contributed by atoms with Crippen LogP contribution < -0.4 is 10.6 Å². The van der Waals surface area contributed by atoms with Gasteiger partial charge in [0.25, 0.3) is 0 Å². The van der Waals surface area contributed by atoms with Crippen molar-refractivity contribution in [1.29, 1.82) is 0 Å². The van der Waals surface area contributed by atoms with Crippen molar-refractivity contribution < 1.29 is 13.2 Å². The SMILES string of the molecule is CN=C(NCCc1nc(C)c(C)s1)NC1CCN(CC(F)(F)F)C1. The summed E-state index contributed by atoms with van der Waals surface area (Å²) in [4.78, 5) is 11.3. The Labute approximate surface area is 144 Å². The van der Waals surface area contributed by atoms with Gasteiger partial charge in [0, 0.05) is 44.0 Å². The summed E-state index contributed by atoms with van der Waals surface area (Å²) in [6.45, 7) is 4.72. The molecule has 9 heteroatoms. The Morgan fingerprint density at radius 1 is 1.42 bits per heavy atom. The van der Waals surface area contributed by atoms with Gasteiger partial charge in [0.15, 0.2) is 5.96 Å². The van der Waals surface area contributed by atoms with Crippen LogP contribution in [-0.4, -0.2) is 61.3 Å². The summed E-state index contributed by atoms with van der Waals surface area (Å²) in [5.41, 5.74) is 1.06. The number of thiazole rings is 1. The third kappa shape index (κ3) is 5.94. The van der Waals surface area contributed by atoms with Crippen molar-refractivity contribution in [2.45, 2.75) is 38.9 Å². The Morgan fingerprint density at radius 3 is 2.75 bits per heavy atom. The number of halogens is 3. The number of nitrogens with one attached hydrogen (secondary N) is 2. The van der Waals surface area contributed by atoms with Gasteiger partial charge in [0.05, 0.1) is 17.2 Å². The maximum atomic E-state index is 12.4. The second-order valence-corrected chi connectivity index (χ2v) is 7.27. The number of guanidine groups is 1. The van der Waals surface area contributed by atoms with Gasteiger partial charge in [-0.3, -0.25) is 9.89 Å². The normalized spacial score (nSPS) is 19.8. The van der Waals surface area contributed by atoms with Crippen LogP contribution in [0, 0.1) is 13.8 Å². The van der Waals surface area contributed by atoms with Crippen molar-refractivity contribution in [2.75, 3.05) is 33.2 Å². The molecule has 136 valence electrons. The molecular formula is C15H24F3N5S. The standard InChI is InChI=1S/C15H24F3N5S/c1-10-11(2)24-13(21-10)4-6-20-14(19-3)22-12-5-7-23(8-12)9-15(16,17)18/h12H,4-9H2,1-3H3,(H2,19,20,22). The molecule has 1 aliphatic rings. The van der Waals surface area contributed by atoms with Gasteiger partial charge in [-0.25, -0.2) is 4.98 Å². The van der Waals surface area contributed by atoms with Crippen molar-refractivity contribution >= 4 is 17.3 Å². The molecule has 0 aromatic carbocycles. The summed E-state index contributed by atoms with van der Waals surface area (Å²) < 4.78 is 37.3. The average molecular weight is 363 g/mol. The van der Waals surface area contributed by atoms with Crippen LogP contribution in [0.3, 0.4) is 0 Å². The van der Waals surface area contributed by atoms with Crippen molar-refractivity contribution in [1.82, 2.24) is 20.5 Å². The van der Waals surface area contributed by atoms with Crippen LogP contribution in [0.4, 0.5) is 13.2 Å². The lowest BCUT2D eigenvalue weighted by molar-refractivity contribution is -0.143. The number of hydrogen-bond acceptors (Lipinski definition) is 4. The molecule has 0 saturated carbocycles. The third-order valence-corrected chi connectivity index (χ3v) is 5.08. The molecule has 5 nitrogen and oxygen atoms in total. The van der Waals surface area contributed by atoms with Gasteiger partial charge < -0.3 is 10.6 Å². The summed E-state index contributed by atoms with van der Waals surface area (Å²) >= 11 is 1.69. The number of alkyl halides is 3. The van der Waals surface area contributed by atoms with E-state index in [2.05, 4.69) is 27.5 Å². The van der Waals surface area contributed by atoms with E-state index in [-0.39, 0.29) is 6.04 Å². The largest absolute Gasteiger partial charge is 0.401 e. The van der Waals surface area contributed by atoms with E-state index in [0.29, 0.717) is 32.0 Å². The molecule has 2 N–H and O–H groups in total. The Hall–Kier alpha value is -1.35. The highest BCUT2D eigenvalue weighted by atomic mass is 32.1. The molecule has 0 bridgehead atoms. The van der Waals surface area contributed by atoms with Crippen molar-refractivity contribution in [3.05, 3.63) is 15.6 Å². The molecule has 1 unspecified atom stereocenters. The molecule has 2 rings (SSSR count). The second kappa shape index (κ2) is 8.15. The molecule has 0 spiro atoms. The Morgan fingerprint density at radius 2 is 2.17 bits per heavy atom. The Balaban J connectivity index is 1.73. The lowest BCUT2D eigenvalue weighted by atomic mass is 10.3. The van der Waals surface area contributed by atoms with E-state index in [1.165, 1.54) is 9.78 Å². The zero-order chi connectivity index (χ0) is 17.7. The first kappa shape index (κ1) is 19.0. The average Bonchev–Trinajstić information content (AvgIpc) is 3.03. The number of aryl methyl sites for hydroxylation is 2. The highest BCUT2D eigenvalue weighted by molar-refractivity contribution is 7.11. The van der Waals surface area contributed by atoms with Crippen LogP contribution in [0.2, 0.25) is 0 Å². The number of aromatic nitrogens is 1. The maximum absolute atomic E-state index is 12.4. The molecule has 24 heavy (non-hydrogen) atoms. The smallest absolute Gasteiger partial charge is 0.356 e. The minimum absolute atomic E-state index is 0.0112. The van der Waals surface area contributed by atoms with Crippen molar-refractivity contribution in [2.24, 2.45) is 4.99 Å². The van der Waals surface area contributed by atoms with Crippen LogP contribution >= 0.6 is 11.3 Å². The molecule has 1 saturated heterocycles. The lowest BCUT2D eigenvalue weighted by Gasteiger charge is -2.19. The van der Waals surface area contributed by atoms with E-state index in [0.717, 1.165) is 17.1 Å². The first-order valence-corrected chi connectivity index (χ1v) is 8.77. The zero-order valence-corrected chi connectivity index (χ0v) is 15.0. The number of likely N-dealkylation sites (tertiary alicyclic amines) is 1. The van der Waals surface area contributed by atoms with Gasteiger partial charge in [-0.2, -0.15) is 13.2 Å². The molecule has 0 radical (unpaired) electrons. The molecule has 1 fully saturated rings. The van der Waals surface area contributed by atoms with E-state index >= 15 is 0 Å². The van der Waals surface area contributed by atoms with Gasteiger partial charge in [-0.05, 0) is 20.3 Å². The molecule has 1 aromatic heterocycles. The monoisotopic (exact) mass is 363 g/mol. The number of hydrogen-bond donors (Lipinski definition) is 2. The highest BCUT2D eigenvalue weighted by Crippen LogP contribution is 2.20. The Kier molecular flexibility index (Phi) is 6.45. The predicted molar refractivity (Wildman–Crippen MR) is 90.7 cm³/mol. The van der Waals surface area contributed by atoms with Crippen molar-refractivity contribution in [3.63, 3.8) is 0 Å². The minimum atomic E-state index is -4.14. The topological polar surface area (TPSA) is 52.6 Å². The fourth-order valence-electron chi connectivity index (χ4n) is 2.67. The zero-order valence-electron chi connectivity index (χ0n) is 14.2. The maximum Gasteiger partial charge on any atom is 0.401 e. The molecule has 2 heterocycles. The van der Waals surface area contributed by atoms with E-state index < -0.39 is 12.7 Å². The second-order valence-electron chi connectivity index (χ2n) is 5.98. The van der Waals surface area contributed by atoms with Gasteiger partial charge in [-0.15, -0.1) is 11.3 Å². The first-order valence-electron chi connectivity index (χ1n) is 7.96. The van der Waals surface area contributed by atoms with Crippen molar-refractivity contribution in [3.8, 4) is 0 Å². The summed E-state index contributed by atoms with van der Waals surface area (Å²) in [6.07, 6.45) is -2.66. The van der Waals surface area contributed by atoms with E-state index in [4.69, 9.17) is 0 Å². The summed E-state index contributed by atoms with van der Waals surface area (Å²) in [5.74, 6) is 0.624. The number of rotatable bonds is 5. The lowest BCUT2D eigenvalue weighted by Crippen LogP contribution is -2.45. The molecule has 0 aliphatic carbocycles. The molecule has 1 aromatic rings. The van der Waals surface area contributed by atoms with Gasteiger partial charge in [0.1, 0.15) is 0 Å². The molecule has 1 aliphatic heterocycles. The number of nitrogens with zero attached hydrogens (tertiary/aromatic N) is 3. The quantitative estimate of drug-likeness (QED) is 0.621. The van der Waals surface area contributed by atoms with E-state index in [1.807, 2.05) is 6.92 Å². The van der Waals surface area contributed by atoms with Crippen LogP contribution in [0.1, 0.15) is 22.0 Å². The summed E-state index contributed by atoms with van der Waals surface area (Å²) in [5, 5.41) is 7.47.